The highest BCUT2D eigenvalue weighted by Gasteiger charge is 2.19. The number of carbonyl (C=O) groups is 1. The lowest BCUT2D eigenvalue weighted by Crippen LogP contribution is -2.21. The van der Waals surface area contributed by atoms with Crippen LogP contribution in [0.2, 0.25) is 0 Å². The molecule has 3 rings (SSSR count). The van der Waals surface area contributed by atoms with Crippen LogP contribution in [0.5, 0.6) is 0 Å². The molecule has 1 aliphatic carbocycles. The third-order valence-electron chi connectivity index (χ3n) is 3.89. The molecule has 2 aromatic rings. The molecule has 0 aliphatic heterocycles. The van der Waals surface area contributed by atoms with Gasteiger partial charge in [0.2, 0.25) is 5.91 Å². The molecule has 1 fully saturated rings. The molecule has 7 nitrogen and oxygen atoms in total. The quantitative estimate of drug-likeness (QED) is 0.913. The highest BCUT2D eigenvalue weighted by atomic mass is 16.1. The zero-order valence-electron chi connectivity index (χ0n) is 12.0. The van der Waals surface area contributed by atoms with E-state index in [1.807, 2.05) is 10.7 Å². The second kappa shape index (κ2) is 6.51. The Balaban J connectivity index is 1.57. The van der Waals surface area contributed by atoms with E-state index in [-0.39, 0.29) is 5.91 Å². The van der Waals surface area contributed by atoms with Crippen molar-refractivity contribution >= 4 is 11.7 Å². The minimum Gasteiger partial charge on any atom is -0.311 e. The van der Waals surface area contributed by atoms with E-state index in [1.54, 1.807) is 17.2 Å². The maximum atomic E-state index is 12.0. The van der Waals surface area contributed by atoms with Gasteiger partial charge in [-0.25, -0.2) is 9.67 Å². The molecule has 0 bridgehead atoms. The fourth-order valence-electron chi connectivity index (χ4n) is 2.80. The second-order valence-corrected chi connectivity index (χ2v) is 5.41. The van der Waals surface area contributed by atoms with E-state index in [0.717, 1.165) is 18.7 Å². The minimum atomic E-state index is -0.0249. The minimum absolute atomic E-state index is 0.0249. The number of amides is 1. The lowest BCUT2D eigenvalue weighted by molar-refractivity contribution is -0.116. The van der Waals surface area contributed by atoms with Crippen molar-refractivity contribution in [2.24, 2.45) is 0 Å². The molecular formula is C14H20N6O. The van der Waals surface area contributed by atoms with Crippen LogP contribution in [0.3, 0.4) is 0 Å². The molecular weight excluding hydrogens is 268 g/mol. The first-order chi connectivity index (χ1) is 10.3. The molecule has 0 atom stereocenters. The predicted molar refractivity (Wildman–Crippen MR) is 77.6 cm³/mol. The maximum absolute atomic E-state index is 12.0. The Morgan fingerprint density at radius 1 is 1.29 bits per heavy atom. The summed E-state index contributed by atoms with van der Waals surface area (Å²) >= 11 is 0. The van der Waals surface area contributed by atoms with Crippen molar-refractivity contribution in [3.8, 4) is 0 Å². The van der Waals surface area contributed by atoms with Gasteiger partial charge in [0.15, 0.2) is 0 Å². The number of aromatic nitrogens is 5. The fourth-order valence-corrected chi connectivity index (χ4v) is 2.80. The second-order valence-electron chi connectivity index (χ2n) is 5.41. The Morgan fingerprint density at radius 3 is 2.90 bits per heavy atom. The third kappa shape index (κ3) is 3.48. The number of hydrogen-bond donors (Lipinski definition) is 1. The normalized spacial score (nSPS) is 16.0. The van der Waals surface area contributed by atoms with Gasteiger partial charge < -0.3 is 5.32 Å². The number of nitrogens with zero attached hydrogens (tertiary/aromatic N) is 5. The molecule has 2 heterocycles. The first-order valence-electron chi connectivity index (χ1n) is 7.49. The van der Waals surface area contributed by atoms with Crippen molar-refractivity contribution in [1.29, 1.82) is 0 Å². The SMILES string of the molecule is O=C(CCn1cncn1)Nc1ccnn1C1CCCCC1. The first kappa shape index (κ1) is 13.8. The molecule has 7 heteroatoms. The number of aryl methyl sites for hydroxylation is 1. The van der Waals surface area contributed by atoms with Crippen LogP contribution in [0.15, 0.2) is 24.9 Å². The molecule has 112 valence electrons. The summed E-state index contributed by atoms with van der Waals surface area (Å²) in [6.07, 6.45) is 11.3. The van der Waals surface area contributed by atoms with Gasteiger partial charge in [0.1, 0.15) is 18.5 Å². The van der Waals surface area contributed by atoms with Crippen LogP contribution in [0.1, 0.15) is 44.6 Å². The molecule has 0 spiro atoms. The van der Waals surface area contributed by atoms with E-state index >= 15 is 0 Å². The number of nitrogens with one attached hydrogen (secondary N) is 1. The number of rotatable bonds is 5. The zero-order valence-corrected chi connectivity index (χ0v) is 12.0. The zero-order chi connectivity index (χ0) is 14.5. The van der Waals surface area contributed by atoms with E-state index in [1.165, 1.54) is 25.6 Å². The summed E-state index contributed by atoms with van der Waals surface area (Å²) in [6.45, 7) is 0.531. The van der Waals surface area contributed by atoms with Gasteiger partial charge >= 0.3 is 0 Å². The van der Waals surface area contributed by atoms with Gasteiger partial charge in [0.25, 0.3) is 0 Å². The Kier molecular flexibility index (Phi) is 4.28. The molecule has 1 aliphatic rings. The van der Waals surface area contributed by atoms with Crippen LogP contribution < -0.4 is 5.32 Å². The standard InChI is InChI=1S/C14H20N6O/c21-14(7-9-19-11-15-10-17-19)18-13-6-8-16-20(13)12-4-2-1-3-5-12/h6,8,10-12H,1-5,7,9H2,(H,18,21). The van der Waals surface area contributed by atoms with E-state index in [0.29, 0.717) is 19.0 Å². The van der Waals surface area contributed by atoms with Crippen LogP contribution >= 0.6 is 0 Å². The molecule has 0 unspecified atom stereocenters. The summed E-state index contributed by atoms with van der Waals surface area (Å²) in [7, 11) is 0. The predicted octanol–water partition coefficient (Wildman–Crippen LogP) is 2.01. The van der Waals surface area contributed by atoms with E-state index in [4.69, 9.17) is 0 Å². The van der Waals surface area contributed by atoms with Crippen molar-refractivity contribution in [2.75, 3.05) is 5.32 Å². The lowest BCUT2D eigenvalue weighted by atomic mass is 9.96. The van der Waals surface area contributed by atoms with Gasteiger partial charge in [-0.3, -0.25) is 9.48 Å². The maximum Gasteiger partial charge on any atom is 0.227 e. The van der Waals surface area contributed by atoms with Gasteiger partial charge in [-0.05, 0) is 12.8 Å². The van der Waals surface area contributed by atoms with Gasteiger partial charge in [-0.1, -0.05) is 19.3 Å². The summed E-state index contributed by atoms with van der Waals surface area (Å²) in [5.74, 6) is 0.772. The van der Waals surface area contributed by atoms with Gasteiger partial charge in [-0.2, -0.15) is 10.2 Å². The Morgan fingerprint density at radius 2 is 2.14 bits per heavy atom. The summed E-state index contributed by atoms with van der Waals surface area (Å²) in [5.41, 5.74) is 0. The molecule has 0 radical (unpaired) electrons. The molecule has 0 aromatic carbocycles. The summed E-state index contributed by atoms with van der Waals surface area (Å²) in [4.78, 5) is 15.9. The average molecular weight is 288 g/mol. The van der Waals surface area contributed by atoms with Crippen LogP contribution in [0, 0.1) is 0 Å². The number of carbonyl (C=O) groups excluding carboxylic acids is 1. The molecule has 1 N–H and O–H groups in total. The monoisotopic (exact) mass is 288 g/mol. The van der Waals surface area contributed by atoms with Gasteiger partial charge in [0, 0.05) is 12.5 Å². The number of hydrogen-bond acceptors (Lipinski definition) is 4. The van der Waals surface area contributed by atoms with Crippen molar-refractivity contribution < 1.29 is 4.79 Å². The molecule has 1 amide bonds. The largest absolute Gasteiger partial charge is 0.311 e. The van der Waals surface area contributed by atoms with Crippen molar-refractivity contribution in [1.82, 2.24) is 24.5 Å². The van der Waals surface area contributed by atoms with E-state index in [9.17, 15) is 4.79 Å². The van der Waals surface area contributed by atoms with E-state index < -0.39 is 0 Å². The number of anilines is 1. The van der Waals surface area contributed by atoms with Crippen LogP contribution in [-0.4, -0.2) is 30.5 Å². The summed E-state index contributed by atoms with van der Waals surface area (Å²) in [5, 5.41) is 11.3. The van der Waals surface area contributed by atoms with Crippen LogP contribution in [0.25, 0.3) is 0 Å². The Labute approximate surface area is 123 Å². The van der Waals surface area contributed by atoms with Crippen molar-refractivity contribution in [2.45, 2.75) is 51.1 Å². The summed E-state index contributed by atoms with van der Waals surface area (Å²) in [6, 6.07) is 2.28. The smallest absolute Gasteiger partial charge is 0.227 e. The molecule has 21 heavy (non-hydrogen) atoms. The van der Waals surface area contributed by atoms with Crippen molar-refractivity contribution in [3.05, 3.63) is 24.9 Å². The molecule has 2 aromatic heterocycles. The lowest BCUT2D eigenvalue weighted by Gasteiger charge is -2.23. The van der Waals surface area contributed by atoms with E-state index in [2.05, 4.69) is 20.5 Å². The average Bonchev–Trinajstić information content (AvgIpc) is 3.17. The Bertz CT molecular complexity index is 570. The van der Waals surface area contributed by atoms with Gasteiger partial charge in [-0.15, -0.1) is 0 Å². The topological polar surface area (TPSA) is 77.6 Å². The first-order valence-corrected chi connectivity index (χ1v) is 7.49. The fraction of sp³-hybridized carbons (Fsp3) is 0.571. The molecule has 1 saturated carbocycles. The summed E-state index contributed by atoms with van der Waals surface area (Å²) < 4.78 is 3.62. The van der Waals surface area contributed by atoms with Crippen LogP contribution in [0.4, 0.5) is 5.82 Å². The van der Waals surface area contributed by atoms with Crippen LogP contribution in [-0.2, 0) is 11.3 Å². The Hall–Kier alpha value is -2.18. The highest BCUT2D eigenvalue weighted by molar-refractivity contribution is 5.89. The van der Waals surface area contributed by atoms with Crippen molar-refractivity contribution in [3.63, 3.8) is 0 Å². The van der Waals surface area contributed by atoms with Gasteiger partial charge in [0.05, 0.1) is 18.8 Å². The highest BCUT2D eigenvalue weighted by Crippen LogP contribution is 2.29. The molecule has 0 saturated heterocycles. The third-order valence-corrected chi connectivity index (χ3v) is 3.89.